The van der Waals surface area contributed by atoms with Crippen LogP contribution in [0.3, 0.4) is 0 Å². The van der Waals surface area contributed by atoms with Gasteiger partial charge in [0.15, 0.2) is 0 Å². The zero-order chi connectivity index (χ0) is 17.9. The second kappa shape index (κ2) is 7.31. The zero-order valence-corrected chi connectivity index (χ0v) is 15.4. The summed E-state index contributed by atoms with van der Waals surface area (Å²) in [6.07, 6.45) is 1.06. The summed E-state index contributed by atoms with van der Waals surface area (Å²) in [5, 5.41) is 9.11. The molecule has 0 saturated carbocycles. The molecule has 130 valence electrons. The van der Waals surface area contributed by atoms with Crippen molar-refractivity contribution >= 4 is 21.5 Å². The summed E-state index contributed by atoms with van der Waals surface area (Å²) in [4.78, 5) is 0. The third kappa shape index (κ3) is 3.23. The minimum Gasteiger partial charge on any atom is -0.303 e. The van der Waals surface area contributed by atoms with Crippen LogP contribution in [0, 0.1) is 0 Å². The first kappa shape index (κ1) is 16.8. The molecule has 0 heterocycles. The summed E-state index contributed by atoms with van der Waals surface area (Å²) in [7, 11) is 0. The second-order valence-corrected chi connectivity index (χ2v) is 7.02. The monoisotopic (exact) mass is 339 g/mol. The van der Waals surface area contributed by atoms with Crippen LogP contribution in [0.4, 0.5) is 0 Å². The van der Waals surface area contributed by atoms with E-state index in [0.29, 0.717) is 12.1 Å². The first-order chi connectivity index (χ1) is 12.8. The van der Waals surface area contributed by atoms with Crippen LogP contribution in [0.2, 0.25) is 0 Å². The maximum absolute atomic E-state index is 3.86. The van der Waals surface area contributed by atoms with Gasteiger partial charge in [-0.2, -0.15) is 0 Å². The Morgan fingerprint density at radius 1 is 0.731 bits per heavy atom. The van der Waals surface area contributed by atoms with E-state index in [4.69, 9.17) is 0 Å². The maximum atomic E-state index is 3.86. The highest BCUT2D eigenvalue weighted by atomic mass is 14.9. The summed E-state index contributed by atoms with van der Waals surface area (Å²) < 4.78 is 0. The molecule has 1 N–H and O–H groups in total. The zero-order valence-electron chi connectivity index (χ0n) is 15.4. The normalized spacial score (nSPS) is 13.8. The fourth-order valence-corrected chi connectivity index (χ4v) is 3.86. The Hall–Kier alpha value is -2.64. The largest absolute Gasteiger partial charge is 0.303 e. The third-order valence-corrected chi connectivity index (χ3v) is 5.33. The van der Waals surface area contributed by atoms with Crippen LogP contribution in [-0.4, -0.2) is 0 Å². The fraction of sp³-hybridized carbons (Fsp3) is 0.200. The Bertz CT molecular complexity index is 1030. The Kier molecular flexibility index (Phi) is 4.73. The number of fused-ring (bicyclic) bond motifs is 2. The van der Waals surface area contributed by atoms with Crippen molar-refractivity contribution in [3.05, 3.63) is 96.1 Å². The van der Waals surface area contributed by atoms with Gasteiger partial charge in [0.2, 0.25) is 0 Å². The molecule has 0 saturated heterocycles. The van der Waals surface area contributed by atoms with Crippen molar-refractivity contribution < 1.29 is 0 Å². The van der Waals surface area contributed by atoms with Gasteiger partial charge in [0.05, 0.1) is 0 Å². The molecule has 4 aromatic carbocycles. The van der Waals surface area contributed by atoms with E-state index in [9.17, 15) is 0 Å². The van der Waals surface area contributed by atoms with Crippen molar-refractivity contribution in [2.45, 2.75) is 32.4 Å². The van der Waals surface area contributed by atoms with Crippen molar-refractivity contribution in [2.24, 2.45) is 0 Å². The molecule has 4 aromatic rings. The molecule has 0 aliphatic rings. The molecule has 2 atom stereocenters. The molecule has 26 heavy (non-hydrogen) atoms. The minimum atomic E-state index is 0.295. The third-order valence-electron chi connectivity index (χ3n) is 5.33. The first-order valence-corrected chi connectivity index (χ1v) is 9.48. The molecule has 4 rings (SSSR count). The van der Waals surface area contributed by atoms with Crippen molar-refractivity contribution in [3.63, 3.8) is 0 Å². The predicted octanol–water partition coefficient (Wildman–Crippen LogP) is 6.79. The summed E-state index contributed by atoms with van der Waals surface area (Å²) in [6, 6.07) is 31.3. The van der Waals surface area contributed by atoms with Gasteiger partial charge < -0.3 is 5.32 Å². The van der Waals surface area contributed by atoms with E-state index in [-0.39, 0.29) is 0 Å². The molecule has 0 fully saturated rings. The van der Waals surface area contributed by atoms with Crippen LogP contribution >= 0.6 is 0 Å². The SMILES string of the molecule is CCC(N[C@H](C)c1ccc2ccccc2c1)c1cccc2ccccc12. The van der Waals surface area contributed by atoms with Gasteiger partial charge in [0.25, 0.3) is 0 Å². The van der Waals surface area contributed by atoms with Gasteiger partial charge in [-0.1, -0.05) is 85.8 Å². The quantitative estimate of drug-likeness (QED) is 0.422. The molecule has 0 bridgehead atoms. The van der Waals surface area contributed by atoms with Gasteiger partial charge in [-0.3, -0.25) is 0 Å². The lowest BCUT2D eigenvalue weighted by atomic mass is 9.95. The number of benzene rings is 4. The summed E-state index contributed by atoms with van der Waals surface area (Å²) >= 11 is 0. The van der Waals surface area contributed by atoms with Gasteiger partial charge in [-0.15, -0.1) is 0 Å². The molecular formula is C25H25N. The van der Waals surface area contributed by atoms with Crippen LogP contribution in [-0.2, 0) is 0 Å². The lowest BCUT2D eigenvalue weighted by Crippen LogP contribution is -2.24. The molecule has 1 heteroatoms. The number of hydrogen-bond donors (Lipinski definition) is 1. The van der Waals surface area contributed by atoms with E-state index in [2.05, 4.69) is 104 Å². The minimum absolute atomic E-state index is 0.295. The predicted molar refractivity (Wildman–Crippen MR) is 112 cm³/mol. The molecule has 0 aliphatic carbocycles. The number of nitrogens with one attached hydrogen (secondary N) is 1. The maximum Gasteiger partial charge on any atom is 0.0329 e. The number of hydrogen-bond acceptors (Lipinski definition) is 1. The van der Waals surface area contributed by atoms with E-state index in [1.807, 2.05) is 0 Å². The highest BCUT2D eigenvalue weighted by molar-refractivity contribution is 5.86. The Balaban J connectivity index is 1.64. The highest BCUT2D eigenvalue weighted by Gasteiger charge is 2.16. The summed E-state index contributed by atoms with van der Waals surface area (Å²) in [5.41, 5.74) is 2.72. The Labute approximate surface area is 155 Å². The molecule has 1 nitrogen and oxygen atoms in total. The Morgan fingerprint density at radius 2 is 1.42 bits per heavy atom. The number of rotatable bonds is 5. The lowest BCUT2D eigenvalue weighted by Gasteiger charge is -2.24. The van der Waals surface area contributed by atoms with Gasteiger partial charge in [0, 0.05) is 12.1 Å². The summed E-state index contributed by atoms with van der Waals surface area (Å²) in [6.45, 7) is 4.52. The average Bonchev–Trinajstić information content (AvgIpc) is 2.71. The summed E-state index contributed by atoms with van der Waals surface area (Å²) in [5.74, 6) is 0. The van der Waals surface area contributed by atoms with Gasteiger partial charge >= 0.3 is 0 Å². The first-order valence-electron chi connectivity index (χ1n) is 9.48. The molecule has 1 unspecified atom stereocenters. The second-order valence-electron chi connectivity index (χ2n) is 7.02. The molecule has 0 aliphatic heterocycles. The fourth-order valence-electron chi connectivity index (χ4n) is 3.86. The van der Waals surface area contributed by atoms with Crippen LogP contribution in [0.5, 0.6) is 0 Å². The molecule has 0 aromatic heterocycles. The van der Waals surface area contributed by atoms with Crippen molar-refractivity contribution in [3.8, 4) is 0 Å². The van der Waals surface area contributed by atoms with Crippen molar-refractivity contribution in [1.29, 1.82) is 0 Å². The average molecular weight is 339 g/mol. The topological polar surface area (TPSA) is 12.0 Å². The molecule has 0 radical (unpaired) electrons. The molecular weight excluding hydrogens is 314 g/mol. The van der Waals surface area contributed by atoms with Gasteiger partial charge in [-0.05, 0) is 52.1 Å². The Morgan fingerprint density at radius 3 is 2.23 bits per heavy atom. The van der Waals surface area contributed by atoms with Crippen LogP contribution in [0.25, 0.3) is 21.5 Å². The molecule has 0 spiro atoms. The van der Waals surface area contributed by atoms with E-state index in [1.54, 1.807) is 0 Å². The van der Waals surface area contributed by atoms with Gasteiger partial charge in [-0.25, -0.2) is 0 Å². The van der Waals surface area contributed by atoms with Crippen molar-refractivity contribution in [2.75, 3.05) is 0 Å². The smallest absolute Gasteiger partial charge is 0.0329 e. The van der Waals surface area contributed by atoms with E-state index < -0.39 is 0 Å². The van der Waals surface area contributed by atoms with Crippen molar-refractivity contribution in [1.82, 2.24) is 5.32 Å². The van der Waals surface area contributed by atoms with E-state index in [1.165, 1.54) is 32.7 Å². The molecule has 0 amide bonds. The lowest BCUT2D eigenvalue weighted by molar-refractivity contribution is 0.459. The van der Waals surface area contributed by atoms with Gasteiger partial charge in [0.1, 0.15) is 0 Å². The van der Waals surface area contributed by atoms with Crippen LogP contribution in [0.15, 0.2) is 84.9 Å². The standard InChI is InChI=1S/C25H25N/c1-3-25(24-14-8-12-20-10-6-7-13-23(20)24)26-18(2)21-16-15-19-9-4-5-11-22(19)17-21/h4-18,25-26H,3H2,1-2H3/t18-,25?/m1/s1. The van der Waals surface area contributed by atoms with E-state index >= 15 is 0 Å². The van der Waals surface area contributed by atoms with E-state index in [0.717, 1.165) is 6.42 Å². The van der Waals surface area contributed by atoms with Crippen LogP contribution in [0.1, 0.15) is 43.5 Å². The van der Waals surface area contributed by atoms with Crippen LogP contribution < -0.4 is 5.32 Å². The highest BCUT2D eigenvalue weighted by Crippen LogP contribution is 2.29.